The molecule has 0 aliphatic heterocycles. The molecule has 6 nitrogen and oxygen atoms in total. The average Bonchev–Trinajstić information content (AvgIpc) is 3.45. The highest BCUT2D eigenvalue weighted by atomic mass is 16.1. The molecule has 0 saturated heterocycles. The summed E-state index contributed by atoms with van der Waals surface area (Å²) in [5, 5.41) is 2.08. The second kappa shape index (κ2) is 9.96. The highest BCUT2D eigenvalue weighted by Crippen LogP contribution is 2.18. The van der Waals surface area contributed by atoms with Crippen LogP contribution in [0.25, 0.3) is 21.8 Å². The summed E-state index contributed by atoms with van der Waals surface area (Å²) < 4.78 is 4.05. The Balaban J connectivity index is 1.19. The van der Waals surface area contributed by atoms with E-state index in [1.807, 2.05) is 108 Å². The van der Waals surface area contributed by atoms with Crippen LogP contribution in [0.5, 0.6) is 0 Å². The van der Waals surface area contributed by atoms with Crippen molar-refractivity contribution in [3.63, 3.8) is 0 Å². The van der Waals surface area contributed by atoms with E-state index in [4.69, 9.17) is 0 Å². The van der Waals surface area contributed by atoms with Crippen molar-refractivity contribution in [2.75, 3.05) is 13.1 Å². The first kappa shape index (κ1) is 23.2. The van der Waals surface area contributed by atoms with E-state index in [1.165, 1.54) is 0 Å². The molecule has 2 aromatic heterocycles. The van der Waals surface area contributed by atoms with Crippen LogP contribution in [0.1, 0.15) is 31.8 Å². The smallest absolute Gasteiger partial charge is 0.184 e. The topological polar surface area (TPSA) is 68.7 Å². The number of carbonyl (C=O) groups excluding carboxylic acids is 2. The maximum absolute atomic E-state index is 12.6. The minimum atomic E-state index is -0.0260. The Kier molecular flexibility index (Phi) is 6.41. The van der Waals surface area contributed by atoms with Crippen LogP contribution in [0.3, 0.4) is 0 Å². The Morgan fingerprint density at radius 1 is 0.667 bits per heavy atom. The van der Waals surface area contributed by atoms with Crippen molar-refractivity contribution in [3.05, 3.63) is 107 Å². The molecule has 0 aliphatic carbocycles. The third-order valence-corrected chi connectivity index (χ3v) is 6.28. The Morgan fingerprint density at radius 3 is 1.61 bits per heavy atom. The molecule has 0 atom stereocenters. The first-order valence-electron chi connectivity index (χ1n) is 11.7. The van der Waals surface area contributed by atoms with Gasteiger partial charge in [-0.25, -0.2) is 0 Å². The maximum atomic E-state index is 12.6. The fourth-order valence-electron chi connectivity index (χ4n) is 4.28. The van der Waals surface area contributed by atoms with Gasteiger partial charge in [-0.15, -0.1) is 0 Å². The van der Waals surface area contributed by atoms with Crippen LogP contribution >= 0.6 is 0 Å². The summed E-state index contributed by atoms with van der Waals surface area (Å²) in [6.07, 6.45) is 7.34. The van der Waals surface area contributed by atoms with Crippen molar-refractivity contribution in [1.82, 2.24) is 9.13 Å². The molecule has 3 aromatic carbocycles. The van der Waals surface area contributed by atoms with Gasteiger partial charge in [-0.3, -0.25) is 19.6 Å². The van der Waals surface area contributed by atoms with Crippen molar-refractivity contribution in [1.29, 1.82) is 0 Å². The molecule has 0 spiro atoms. The molecule has 5 rings (SSSR count). The molecule has 178 valence electrons. The van der Waals surface area contributed by atoms with Gasteiger partial charge >= 0.3 is 0 Å². The molecular weight excluding hydrogens is 448 g/mol. The normalized spacial score (nSPS) is 11.8. The van der Waals surface area contributed by atoms with Gasteiger partial charge < -0.3 is 9.13 Å². The molecule has 0 bridgehead atoms. The van der Waals surface area contributed by atoms with Crippen molar-refractivity contribution >= 4 is 45.8 Å². The highest BCUT2D eigenvalue weighted by Gasteiger charge is 2.08. The van der Waals surface area contributed by atoms with Crippen LogP contribution < -0.4 is 0 Å². The lowest BCUT2D eigenvalue weighted by atomic mass is 10.1. The van der Waals surface area contributed by atoms with Gasteiger partial charge in [-0.1, -0.05) is 18.2 Å². The fraction of sp³-hybridized carbons (Fsp3) is 0.133. The second-order valence-corrected chi connectivity index (χ2v) is 8.86. The Hall–Kier alpha value is -4.58. The van der Waals surface area contributed by atoms with Crippen molar-refractivity contribution in [2.24, 2.45) is 24.1 Å². The lowest BCUT2D eigenvalue weighted by molar-refractivity contribution is 0.0994. The number of benzene rings is 3. The minimum Gasteiger partial charge on any atom is -0.351 e. The van der Waals surface area contributed by atoms with E-state index in [1.54, 1.807) is 12.4 Å². The zero-order valence-electron chi connectivity index (χ0n) is 20.3. The zero-order chi connectivity index (χ0) is 25.1. The van der Waals surface area contributed by atoms with Crippen molar-refractivity contribution < 1.29 is 9.59 Å². The van der Waals surface area contributed by atoms with Gasteiger partial charge in [0, 0.05) is 71.9 Å². The number of hydrogen-bond donors (Lipinski definition) is 0. The molecule has 0 unspecified atom stereocenters. The molecule has 6 heteroatoms. The predicted octanol–water partition coefficient (Wildman–Crippen LogP) is 5.27. The van der Waals surface area contributed by atoms with Crippen molar-refractivity contribution in [2.45, 2.75) is 0 Å². The number of carbonyl (C=O) groups is 2. The van der Waals surface area contributed by atoms with E-state index < -0.39 is 0 Å². The van der Waals surface area contributed by atoms with Crippen molar-refractivity contribution in [3.8, 4) is 0 Å². The minimum absolute atomic E-state index is 0.0260. The Morgan fingerprint density at radius 2 is 1.14 bits per heavy atom. The van der Waals surface area contributed by atoms with E-state index in [9.17, 15) is 9.59 Å². The predicted molar refractivity (Wildman–Crippen MR) is 146 cm³/mol. The molecule has 0 radical (unpaired) electrons. The summed E-state index contributed by atoms with van der Waals surface area (Å²) in [4.78, 5) is 33.8. The number of ketones is 2. The molecule has 0 saturated carbocycles. The monoisotopic (exact) mass is 474 g/mol. The first-order valence-corrected chi connectivity index (χ1v) is 11.7. The Labute approximate surface area is 209 Å². The van der Waals surface area contributed by atoms with E-state index >= 15 is 0 Å². The van der Waals surface area contributed by atoms with Crippen LogP contribution in [-0.4, -0.2) is 46.2 Å². The number of aromatic nitrogens is 2. The van der Waals surface area contributed by atoms with E-state index in [-0.39, 0.29) is 24.7 Å². The molecule has 0 aliphatic rings. The number of Topliss-reactive ketones (excluding diaryl/α,β-unsaturated/α-hetero) is 2. The fourth-order valence-corrected chi connectivity index (χ4v) is 4.28. The average molecular weight is 475 g/mol. The third kappa shape index (κ3) is 4.93. The van der Waals surface area contributed by atoms with E-state index in [0.717, 1.165) is 32.9 Å². The van der Waals surface area contributed by atoms with Crippen LogP contribution in [0, 0.1) is 0 Å². The molecule has 5 aromatic rings. The molecule has 0 fully saturated rings. The third-order valence-electron chi connectivity index (χ3n) is 6.28. The van der Waals surface area contributed by atoms with Gasteiger partial charge in [0.15, 0.2) is 11.6 Å². The summed E-state index contributed by atoms with van der Waals surface area (Å²) >= 11 is 0. The molecular formula is C30H26N4O2. The van der Waals surface area contributed by atoms with Gasteiger partial charge in [0.1, 0.15) is 13.1 Å². The summed E-state index contributed by atoms with van der Waals surface area (Å²) in [5.74, 6) is -0.0520. The molecule has 0 amide bonds. The van der Waals surface area contributed by atoms with Gasteiger partial charge in [0.25, 0.3) is 0 Å². The summed E-state index contributed by atoms with van der Waals surface area (Å²) in [5.41, 5.74) is 5.22. The standard InChI is InChI=1S/C30H26N4O2/c1-33-12-10-23-15-25(6-8-27(23)33)29(35)19-31-17-21-4-3-5-22(14-21)18-32-20-30(36)26-7-9-28-24(16-26)11-13-34(28)2/h3-18H,19-20H2,1-2H3. The van der Waals surface area contributed by atoms with E-state index in [0.29, 0.717) is 11.1 Å². The summed E-state index contributed by atoms with van der Waals surface area (Å²) in [6, 6.07) is 23.1. The van der Waals surface area contributed by atoms with Crippen LogP contribution in [0.15, 0.2) is 95.2 Å². The van der Waals surface area contributed by atoms with Crippen LogP contribution in [-0.2, 0) is 14.1 Å². The molecule has 36 heavy (non-hydrogen) atoms. The zero-order valence-corrected chi connectivity index (χ0v) is 20.3. The first-order chi connectivity index (χ1) is 17.5. The second-order valence-electron chi connectivity index (χ2n) is 8.86. The largest absolute Gasteiger partial charge is 0.351 e. The maximum Gasteiger partial charge on any atom is 0.184 e. The quantitative estimate of drug-likeness (QED) is 0.227. The number of aliphatic imine (C=N–C) groups is 2. The lowest BCUT2D eigenvalue weighted by Crippen LogP contribution is -2.04. The van der Waals surface area contributed by atoms with Crippen LogP contribution in [0.4, 0.5) is 0 Å². The Bertz CT molecular complexity index is 1530. The SMILES string of the molecule is Cn1ccc2cc(C(=O)CN=Cc3cccc(C=NCC(=O)c4ccc5c(ccn5C)c4)c3)ccc21. The molecule has 2 heterocycles. The van der Waals surface area contributed by atoms with Gasteiger partial charge in [-0.2, -0.15) is 0 Å². The number of rotatable bonds is 8. The summed E-state index contributed by atoms with van der Waals surface area (Å²) in [6.45, 7) is 0.161. The highest BCUT2D eigenvalue weighted by molar-refractivity contribution is 6.02. The van der Waals surface area contributed by atoms with Crippen LogP contribution in [0.2, 0.25) is 0 Å². The number of aryl methyl sites for hydroxylation is 2. The van der Waals surface area contributed by atoms with Gasteiger partial charge in [-0.05, 0) is 65.7 Å². The number of nitrogens with zero attached hydrogens (tertiary/aromatic N) is 4. The lowest BCUT2D eigenvalue weighted by Gasteiger charge is -2.01. The van der Waals surface area contributed by atoms with Gasteiger partial charge in [0.2, 0.25) is 0 Å². The van der Waals surface area contributed by atoms with Gasteiger partial charge in [0.05, 0.1) is 0 Å². The number of hydrogen-bond acceptors (Lipinski definition) is 4. The molecule has 0 N–H and O–H groups in total. The van der Waals surface area contributed by atoms with E-state index in [2.05, 4.69) is 9.98 Å². The summed E-state index contributed by atoms with van der Waals surface area (Å²) in [7, 11) is 3.96. The number of fused-ring (bicyclic) bond motifs is 2.